The van der Waals surface area contributed by atoms with E-state index >= 15 is 0 Å². The first kappa shape index (κ1) is 17.3. The van der Waals surface area contributed by atoms with Gasteiger partial charge in [0.1, 0.15) is 11.5 Å². The fraction of sp³-hybridized carbons (Fsp3) is 0.333. The summed E-state index contributed by atoms with van der Waals surface area (Å²) >= 11 is 0. The first-order valence-electron chi connectivity index (χ1n) is 8.23. The molecule has 0 unspecified atom stereocenters. The van der Waals surface area contributed by atoms with E-state index in [4.69, 9.17) is 0 Å². The lowest BCUT2D eigenvalue weighted by atomic mass is 10.2. The Balaban J connectivity index is 1.63. The first-order chi connectivity index (χ1) is 12.1. The maximum absolute atomic E-state index is 14.0. The zero-order valence-corrected chi connectivity index (χ0v) is 14.3. The van der Waals surface area contributed by atoms with Crippen LogP contribution in [-0.4, -0.2) is 25.9 Å². The van der Waals surface area contributed by atoms with Gasteiger partial charge in [0.2, 0.25) is 0 Å². The Kier molecular flexibility index (Phi) is 5.23. The summed E-state index contributed by atoms with van der Waals surface area (Å²) in [5.74, 6) is -1.21. The van der Waals surface area contributed by atoms with Gasteiger partial charge in [0.05, 0.1) is 12.0 Å². The van der Waals surface area contributed by atoms with Crippen LogP contribution in [0.1, 0.15) is 23.4 Å². The van der Waals surface area contributed by atoms with Crippen molar-refractivity contribution >= 4 is 0 Å². The lowest BCUT2D eigenvalue weighted by Crippen LogP contribution is -2.17. The van der Waals surface area contributed by atoms with Crippen LogP contribution in [0, 0.1) is 25.5 Å². The first-order valence-corrected chi connectivity index (χ1v) is 8.23. The summed E-state index contributed by atoms with van der Waals surface area (Å²) in [5, 5.41) is 7.81. The van der Waals surface area contributed by atoms with Crippen LogP contribution in [0.5, 0.6) is 0 Å². The van der Waals surface area contributed by atoms with Gasteiger partial charge < -0.3 is 9.88 Å². The van der Waals surface area contributed by atoms with Crippen molar-refractivity contribution in [3.63, 3.8) is 0 Å². The van der Waals surface area contributed by atoms with Crippen LogP contribution >= 0.6 is 0 Å². The largest absolute Gasteiger partial charge is 0.337 e. The second-order valence-corrected chi connectivity index (χ2v) is 5.99. The molecule has 2 heterocycles. The van der Waals surface area contributed by atoms with E-state index in [1.54, 1.807) is 12.5 Å². The van der Waals surface area contributed by atoms with Crippen molar-refractivity contribution in [3.8, 4) is 5.69 Å². The molecule has 5 nitrogen and oxygen atoms in total. The Morgan fingerprint density at radius 2 is 2.04 bits per heavy atom. The molecule has 0 radical (unpaired) electrons. The molecule has 1 aromatic carbocycles. The van der Waals surface area contributed by atoms with Crippen LogP contribution in [-0.2, 0) is 13.1 Å². The molecule has 0 fully saturated rings. The van der Waals surface area contributed by atoms with Crippen LogP contribution in [0.3, 0.4) is 0 Å². The van der Waals surface area contributed by atoms with Crippen molar-refractivity contribution in [2.75, 3.05) is 6.54 Å². The quantitative estimate of drug-likeness (QED) is 0.669. The smallest absolute Gasteiger partial charge is 0.151 e. The molecule has 3 aromatic rings. The molecule has 0 aliphatic heterocycles. The predicted molar refractivity (Wildman–Crippen MR) is 91.5 cm³/mol. The van der Waals surface area contributed by atoms with Gasteiger partial charge >= 0.3 is 0 Å². The highest BCUT2D eigenvalue weighted by molar-refractivity contribution is 5.38. The Morgan fingerprint density at radius 3 is 2.76 bits per heavy atom. The van der Waals surface area contributed by atoms with E-state index in [9.17, 15) is 8.78 Å². The normalized spacial score (nSPS) is 11.2. The van der Waals surface area contributed by atoms with E-state index in [-0.39, 0.29) is 5.69 Å². The van der Waals surface area contributed by atoms with Crippen LogP contribution < -0.4 is 5.32 Å². The molecule has 0 aliphatic rings. The van der Waals surface area contributed by atoms with Crippen molar-refractivity contribution < 1.29 is 8.78 Å². The van der Waals surface area contributed by atoms with Gasteiger partial charge in [-0.15, -0.1) is 0 Å². The van der Waals surface area contributed by atoms with Gasteiger partial charge in [0, 0.05) is 42.8 Å². The summed E-state index contributed by atoms with van der Waals surface area (Å²) in [6, 6.07) is 3.52. The maximum atomic E-state index is 14.0. The van der Waals surface area contributed by atoms with Gasteiger partial charge in [-0.2, -0.15) is 5.10 Å². The molecule has 0 atom stereocenters. The van der Waals surface area contributed by atoms with Gasteiger partial charge in [-0.05, 0) is 38.9 Å². The fourth-order valence-corrected chi connectivity index (χ4v) is 2.84. The number of nitrogens with zero attached hydrogens (tertiary/aromatic N) is 4. The summed E-state index contributed by atoms with van der Waals surface area (Å²) < 4.78 is 30.7. The molecule has 132 valence electrons. The van der Waals surface area contributed by atoms with Crippen LogP contribution in [0.4, 0.5) is 8.78 Å². The summed E-state index contributed by atoms with van der Waals surface area (Å²) in [7, 11) is 0. The van der Waals surface area contributed by atoms with E-state index in [0.29, 0.717) is 6.54 Å². The molecule has 0 saturated heterocycles. The molecule has 0 aliphatic carbocycles. The Bertz CT molecular complexity index is 840. The Morgan fingerprint density at radius 1 is 1.20 bits per heavy atom. The second-order valence-electron chi connectivity index (χ2n) is 5.99. The van der Waals surface area contributed by atoms with Crippen molar-refractivity contribution in [3.05, 3.63) is 65.5 Å². The predicted octanol–water partition coefficient (Wildman–Crippen LogP) is 3.14. The summed E-state index contributed by atoms with van der Waals surface area (Å²) in [6.07, 6.45) is 6.49. The number of halogens is 2. The number of rotatable bonds is 7. The van der Waals surface area contributed by atoms with Crippen LogP contribution in [0.15, 0.2) is 36.9 Å². The van der Waals surface area contributed by atoms with Gasteiger partial charge in [0.15, 0.2) is 5.82 Å². The molecule has 3 rings (SSSR count). The lowest BCUT2D eigenvalue weighted by Gasteiger charge is -2.08. The third kappa shape index (κ3) is 3.93. The SMILES string of the molecule is Cc1nn(-c2ccc(F)cc2F)c(C)c1CNCCCn1ccnc1. The lowest BCUT2D eigenvalue weighted by molar-refractivity contribution is 0.571. The molecule has 0 spiro atoms. The highest BCUT2D eigenvalue weighted by atomic mass is 19.1. The number of nitrogens with one attached hydrogen (secondary N) is 1. The molecular formula is C18H21F2N5. The standard InChI is InChI=1S/C18H21F2N5/c1-13-16(11-21-6-3-8-24-9-7-22-12-24)14(2)25(23-13)18-5-4-15(19)10-17(18)20/h4-5,7,9-10,12,21H,3,6,8,11H2,1-2H3. The van der Waals surface area contributed by atoms with Gasteiger partial charge in [-0.25, -0.2) is 18.4 Å². The number of hydrogen-bond acceptors (Lipinski definition) is 3. The van der Waals surface area contributed by atoms with E-state index in [1.807, 2.05) is 24.6 Å². The third-order valence-electron chi connectivity index (χ3n) is 4.21. The van der Waals surface area contributed by atoms with Crippen LogP contribution in [0.25, 0.3) is 5.69 Å². The molecule has 25 heavy (non-hydrogen) atoms. The van der Waals surface area contributed by atoms with E-state index in [0.717, 1.165) is 42.5 Å². The highest BCUT2D eigenvalue weighted by Crippen LogP contribution is 2.20. The summed E-state index contributed by atoms with van der Waals surface area (Å²) in [4.78, 5) is 4.01. The van der Waals surface area contributed by atoms with Crippen LogP contribution in [0.2, 0.25) is 0 Å². The van der Waals surface area contributed by atoms with Gasteiger partial charge in [-0.1, -0.05) is 0 Å². The van der Waals surface area contributed by atoms with E-state index in [1.165, 1.54) is 16.8 Å². The molecule has 0 saturated carbocycles. The maximum Gasteiger partial charge on any atom is 0.151 e. The molecule has 0 amide bonds. The Hall–Kier alpha value is -2.54. The number of hydrogen-bond donors (Lipinski definition) is 1. The zero-order valence-electron chi connectivity index (χ0n) is 14.3. The van der Waals surface area contributed by atoms with Crippen molar-refractivity contribution in [2.24, 2.45) is 0 Å². The minimum absolute atomic E-state index is 0.258. The molecule has 7 heteroatoms. The molecular weight excluding hydrogens is 324 g/mol. The average molecular weight is 345 g/mol. The molecule has 2 aromatic heterocycles. The minimum atomic E-state index is -0.620. The van der Waals surface area contributed by atoms with Crippen molar-refractivity contribution in [2.45, 2.75) is 33.4 Å². The van der Waals surface area contributed by atoms with E-state index in [2.05, 4.69) is 15.4 Å². The van der Waals surface area contributed by atoms with Crippen molar-refractivity contribution in [1.82, 2.24) is 24.6 Å². The minimum Gasteiger partial charge on any atom is -0.337 e. The summed E-state index contributed by atoms with van der Waals surface area (Å²) in [5.41, 5.74) is 2.98. The number of aryl methyl sites for hydroxylation is 2. The average Bonchev–Trinajstić information content (AvgIpc) is 3.17. The van der Waals surface area contributed by atoms with Gasteiger partial charge in [0.25, 0.3) is 0 Å². The molecule has 1 N–H and O–H groups in total. The molecule has 0 bridgehead atoms. The number of aromatic nitrogens is 4. The number of benzene rings is 1. The van der Waals surface area contributed by atoms with Gasteiger partial charge in [-0.3, -0.25) is 0 Å². The number of imidazole rings is 1. The fourth-order valence-electron chi connectivity index (χ4n) is 2.84. The Labute approximate surface area is 145 Å². The van der Waals surface area contributed by atoms with E-state index < -0.39 is 11.6 Å². The third-order valence-corrected chi connectivity index (χ3v) is 4.21. The summed E-state index contributed by atoms with van der Waals surface area (Å²) in [6.45, 7) is 6.21. The zero-order chi connectivity index (χ0) is 17.8. The highest BCUT2D eigenvalue weighted by Gasteiger charge is 2.15. The second kappa shape index (κ2) is 7.57. The monoisotopic (exact) mass is 345 g/mol. The topological polar surface area (TPSA) is 47.7 Å². The van der Waals surface area contributed by atoms with Crippen molar-refractivity contribution in [1.29, 1.82) is 0 Å².